The van der Waals surface area contributed by atoms with Crippen LogP contribution in [0.5, 0.6) is 5.75 Å². The third kappa shape index (κ3) is 2.65. The maximum absolute atomic E-state index is 10.5. The van der Waals surface area contributed by atoms with E-state index >= 15 is 0 Å². The average molecular weight is 313 g/mol. The Kier molecular flexibility index (Phi) is 3.56. The molecule has 18 heavy (non-hydrogen) atoms. The molecule has 0 spiro atoms. The Hall–Kier alpha value is -1.96. The predicted octanol–water partition coefficient (Wildman–Crippen LogP) is 2.01. The molecule has 0 atom stereocenters. The molecule has 8 heteroatoms. The fourth-order valence-electron chi connectivity index (χ4n) is 1.39. The number of hydrogen-bond acceptors (Lipinski definition) is 5. The van der Waals surface area contributed by atoms with Crippen LogP contribution in [0.2, 0.25) is 0 Å². The molecule has 0 saturated carbocycles. The van der Waals surface area contributed by atoms with E-state index in [9.17, 15) is 10.1 Å². The van der Waals surface area contributed by atoms with E-state index in [1.807, 2.05) is 24.3 Å². The van der Waals surface area contributed by atoms with Crippen molar-refractivity contribution >= 4 is 21.9 Å². The summed E-state index contributed by atoms with van der Waals surface area (Å²) in [5.41, 5.74) is 0.941. The first-order valence-corrected chi connectivity index (χ1v) is 5.77. The standard InChI is InChI=1S/C10H9BrN4O3/c1-18-8-4-2-7(3-5-8)6-14-9(11)12-10(13-14)15(16)17/h2-5H,6H2,1H3. The number of aromatic nitrogens is 3. The first kappa shape index (κ1) is 12.5. The third-order valence-corrected chi connectivity index (χ3v) is 2.86. The molecule has 0 radical (unpaired) electrons. The second kappa shape index (κ2) is 5.13. The van der Waals surface area contributed by atoms with Crippen molar-refractivity contribution in [2.45, 2.75) is 6.54 Å². The number of nitro groups is 1. The number of halogens is 1. The summed E-state index contributed by atoms with van der Waals surface area (Å²) in [5, 5.41) is 14.3. The SMILES string of the molecule is COc1ccc(Cn2nc([N+](=O)[O-])nc2Br)cc1. The van der Waals surface area contributed by atoms with Crippen LogP contribution in [0.1, 0.15) is 5.56 Å². The molecule has 0 N–H and O–H groups in total. The van der Waals surface area contributed by atoms with E-state index in [0.717, 1.165) is 11.3 Å². The van der Waals surface area contributed by atoms with Gasteiger partial charge in [-0.2, -0.15) is 4.68 Å². The molecular formula is C10H9BrN4O3. The lowest BCUT2D eigenvalue weighted by atomic mass is 10.2. The van der Waals surface area contributed by atoms with E-state index in [2.05, 4.69) is 26.0 Å². The van der Waals surface area contributed by atoms with Crippen LogP contribution in [0.3, 0.4) is 0 Å². The zero-order valence-electron chi connectivity index (χ0n) is 9.41. The molecule has 0 aliphatic heterocycles. The van der Waals surface area contributed by atoms with Crippen molar-refractivity contribution in [3.8, 4) is 5.75 Å². The summed E-state index contributed by atoms with van der Waals surface area (Å²) in [7, 11) is 1.59. The molecule has 1 heterocycles. The maximum atomic E-state index is 10.5. The Bertz CT molecular complexity index is 567. The molecule has 0 amide bonds. The Balaban J connectivity index is 2.19. The molecule has 0 aliphatic carbocycles. The summed E-state index contributed by atoms with van der Waals surface area (Å²) >= 11 is 3.13. The van der Waals surface area contributed by atoms with Gasteiger partial charge in [0.15, 0.2) is 0 Å². The number of nitrogens with zero attached hydrogens (tertiary/aromatic N) is 4. The number of methoxy groups -OCH3 is 1. The second-order valence-electron chi connectivity index (χ2n) is 3.44. The summed E-state index contributed by atoms with van der Waals surface area (Å²) < 4.78 is 6.79. The van der Waals surface area contributed by atoms with Crippen molar-refractivity contribution in [3.63, 3.8) is 0 Å². The van der Waals surface area contributed by atoms with Crippen LogP contribution in [0.4, 0.5) is 5.95 Å². The summed E-state index contributed by atoms with van der Waals surface area (Å²) in [6.45, 7) is 0.394. The lowest BCUT2D eigenvalue weighted by Gasteiger charge is -2.01. The van der Waals surface area contributed by atoms with Crippen LogP contribution in [0.15, 0.2) is 29.0 Å². The zero-order valence-corrected chi connectivity index (χ0v) is 11.0. The van der Waals surface area contributed by atoms with E-state index in [4.69, 9.17) is 4.74 Å². The first-order valence-electron chi connectivity index (χ1n) is 4.98. The van der Waals surface area contributed by atoms with Gasteiger partial charge in [0, 0.05) is 21.0 Å². The minimum Gasteiger partial charge on any atom is -0.497 e. The van der Waals surface area contributed by atoms with Crippen molar-refractivity contribution < 1.29 is 9.66 Å². The lowest BCUT2D eigenvalue weighted by Crippen LogP contribution is -2.02. The van der Waals surface area contributed by atoms with Gasteiger partial charge in [0.2, 0.25) is 0 Å². The van der Waals surface area contributed by atoms with E-state index in [1.54, 1.807) is 7.11 Å². The Labute approximate surface area is 111 Å². The highest BCUT2D eigenvalue weighted by molar-refractivity contribution is 9.10. The van der Waals surface area contributed by atoms with Gasteiger partial charge in [-0.1, -0.05) is 12.1 Å². The predicted molar refractivity (Wildman–Crippen MR) is 66.5 cm³/mol. The van der Waals surface area contributed by atoms with Gasteiger partial charge in [0.25, 0.3) is 4.73 Å². The monoisotopic (exact) mass is 312 g/mol. The van der Waals surface area contributed by atoms with Gasteiger partial charge < -0.3 is 14.9 Å². The number of rotatable bonds is 4. The Morgan fingerprint density at radius 2 is 2.11 bits per heavy atom. The van der Waals surface area contributed by atoms with Gasteiger partial charge in [-0.05, 0) is 27.6 Å². The normalized spacial score (nSPS) is 10.3. The van der Waals surface area contributed by atoms with E-state index < -0.39 is 10.9 Å². The topological polar surface area (TPSA) is 83.1 Å². The van der Waals surface area contributed by atoms with Gasteiger partial charge in [-0.25, -0.2) is 0 Å². The summed E-state index contributed by atoms with van der Waals surface area (Å²) in [6.07, 6.45) is 0. The van der Waals surface area contributed by atoms with E-state index in [-0.39, 0.29) is 0 Å². The minimum absolute atomic E-state index is 0.324. The quantitative estimate of drug-likeness (QED) is 0.637. The summed E-state index contributed by atoms with van der Waals surface area (Å²) in [6, 6.07) is 7.35. The summed E-state index contributed by atoms with van der Waals surface area (Å²) in [5.74, 6) is 0.331. The highest BCUT2D eigenvalue weighted by Gasteiger charge is 2.19. The van der Waals surface area contributed by atoms with Crippen LogP contribution in [-0.2, 0) is 6.54 Å². The third-order valence-electron chi connectivity index (χ3n) is 2.27. The number of ether oxygens (including phenoxy) is 1. The Morgan fingerprint density at radius 1 is 1.44 bits per heavy atom. The molecule has 0 aliphatic rings. The second-order valence-corrected chi connectivity index (χ2v) is 4.15. The lowest BCUT2D eigenvalue weighted by molar-refractivity contribution is -0.394. The minimum atomic E-state index is -0.630. The molecule has 2 aromatic rings. The van der Waals surface area contributed by atoms with Crippen LogP contribution < -0.4 is 4.74 Å². The van der Waals surface area contributed by atoms with Gasteiger partial charge in [0.05, 0.1) is 13.7 Å². The molecule has 94 valence electrons. The smallest absolute Gasteiger partial charge is 0.492 e. The highest BCUT2D eigenvalue weighted by Crippen LogP contribution is 2.16. The molecule has 1 aromatic carbocycles. The van der Waals surface area contributed by atoms with Crippen LogP contribution in [0, 0.1) is 10.1 Å². The van der Waals surface area contributed by atoms with Crippen LogP contribution in [-0.4, -0.2) is 26.8 Å². The fourth-order valence-corrected chi connectivity index (χ4v) is 1.76. The Morgan fingerprint density at radius 3 is 2.61 bits per heavy atom. The zero-order chi connectivity index (χ0) is 13.1. The van der Waals surface area contributed by atoms with Crippen LogP contribution >= 0.6 is 15.9 Å². The molecule has 0 unspecified atom stereocenters. The molecule has 7 nitrogen and oxygen atoms in total. The van der Waals surface area contributed by atoms with Gasteiger partial charge in [-0.15, -0.1) is 0 Å². The van der Waals surface area contributed by atoms with E-state index in [1.165, 1.54) is 4.68 Å². The van der Waals surface area contributed by atoms with Crippen molar-refractivity contribution in [2.24, 2.45) is 0 Å². The van der Waals surface area contributed by atoms with Gasteiger partial charge >= 0.3 is 5.95 Å². The number of benzene rings is 1. The molecule has 0 bridgehead atoms. The van der Waals surface area contributed by atoms with E-state index in [0.29, 0.717) is 11.3 Å². The van der Waals surface area contributed by atoms with Crippen molar-refractivity contribution in [1.29, 1.82) is 0 Å². The van der Waals surface area contributed by atoms with Crippen molar-refractivity contribution in [2.75, 3.05) is 7.11 Å². The fraction of sp³-hybridized carbons (Fsp3) is 0.200. The summed E-state index contributed by atoms with van der Waals surface area (Å²) in [4.78, 5) is 13.6. The van der Waals surface area contributed by atoms with Crippen molar-refractivity contribution in [1.82, 2.24) is 14.8 Å². The maximum Gasteiger partial charge on any atom is 0.492 e. The largest absolute Gasteiger partial charge is 0.497 e. The van der Waals surface area contributed by atoms with Gasteiger partial charge in [-0.3, -0.25) is 0 Å². The first-order chi connectivity index (χ1) is 8.60. The van der Waals surface area contributed by atoms with Crippen molar-refractivity contribution in [3.05, 3.63) is 44.7 Å². The molecule has 2 rings (SSSR count). The van der Waals surface area contributed by atoms with Gasteiger partial charge in [0.1, 0.15) is 5.75 Å². The molecular weight excluding hydrogens is 304 g/mol. The highest BCUT2D eigenvalue weighted by atomic mass is 79.9. The molecule has 0 fully saturated rings. The average Bonchev–Trinajstić information content (AvgIpc) is 2.72. The molecule has 1 aromatic heterocycles. The van der Waals surface area contributed by atoms with Crippen LogP contribution in [0.25, 0.3) is 0 Å². The molecule has 0 saturated heterocycles. The number of hydrogen-bond donors (Lipinski definition) is 0.